The number of ketones is 1. The molecule has 1 aliphatic rings. The Hall–Kier alpha value is -5.17. The van der Waals surface area contributed by atoms with Gasteiger partial charge in [0.2, 0.25) is 5.13 Å². The molecule has 1 fully saturated rings. The fourth-order valence-corrected chi connectivity index (χ4v) is 7.96. The second-order valence-electron chi connectivity index (χ2n) is 11.3. The molecule has 4 heterocycles. The predicted molar refractivity (Wildman–Crippen MR) is 194 cm³/mol. The number of pyridine rings is 1. The van der Waals surface area contributed by atoms with Crippen LogP contribution in [0.4, 0.5) is 5.13 Å². The van der Waals surface area contributed by atoms with Gasteiger partial charge in [-0.25, -0.2) is 4.98 Å². The molecule has 3 aromatic heterocycles. The van der Waals surface area contributed by atoms with E-state index in [1.165, 1.54) is 28.0 Å². The summed E-state index contributed by atoms with van der Waals surface area (Å²) < 4.78 is 14.4. The quantitative estimate of drug-likeness (QED) is 0.0466. The van der Waals surface area contributed by atoms with Crippen molar-refractivity contribution >= 4 is 62.9 Å². The van der Waals surface area contributed by atoms with Gasteiger partial charge in [0.15, 0.2) is 21.6 Å². The number of hydrogen-bond donors (Lipinski definition) is 1. The number of aryl methyl sites for hydroxylation is 1. The monoisotopic (exact) mass is 723 g/mol. The van der Waals surface area contributed by atoms with Crippen LogP contribution >= 0.6 is 34.7 Å². The number of Topliss-reactive ketones (excluding diaryl/α,β-unsaturated/α-hetero) is 1. The molecule has 10 nitrogen and oxygen atoms in total. The summed E-state index contributed by atoms with van der Waals surface area (Å²) in [4.78, 5) is 33.8. The molecular weight excluding hydrogens is 694 g/mol. The summed E-state index contributed by atoms with van der Waals surface area (Å²) >= 11 is 8.95. The molecule has 1 unspecified atom stereocenters. The molecule has 7 rings (SSSR count). The number of halogens is 1. The largest absolute Gasteiger partial charge is 0.505 e. The third-order valence-electron chi connectivity index (χ3n) is 8.10. The number of benzene rings is 3. The third-order valence-corrected chi connectivity index (χ3v) is 10.6. The maximum absolute atomic E-state index is 14.0. The number of carbonyl (C=O) groups excluding carboxylic acids is 2. The highest BCUT2D eigenvalue weighted by Gasteiger charge is 2.49. The van der Waals surface area contributed by atoms with Gasteiger partial charge in [-0.15, -0.1) is 10.2 Å². The van der Waals surface area contributed by atoms with Crippen molar-refractivity contribution in [2.45, 2.75) is 36.6 Å². The van der Waals surface area contributed by atoms with E-state index in [4.69, 9.17) is 21.1 Å². The van der Waals surface area contributed by atoms with Crippen molar-refractivity contribution in [1.29, 1.82) is 0 Å². The number of aromatic nitrogens is 4. The normalized spacial score (nSPS) is 15.6. The van der Waals surface area contributed by atoms with Crippen LogP contribution in [0, 0.1) is 6.92 Å². The smallest absolute Gasteiger partial charge is 0.301 e. The minimum atomic E-state index is -1.07. The molecule has 50 heavy (non-hydrogen) atoms. The van der Waals surface area contributed by atoms with Crippen molar-refractivity contribution in [2.75, 3.05) is 11.5 Å². The molecule has 1 amide bonds. The summed E-state index contributed by atoms with van der Waals surface area (Å²) in [6.07, 6.45) is 1.74. The molecule has 1 atom stereocenters. The minimum absolute atomic E-state index is 0.107. The molecular formula is C37H30ClN5O5S2. The van der Waals surface area contributed by atoms with E-state index >= 15 is 0 Å². The van der Waals surface area contributed by atoms with E-state index in [0.29, 0.717) is 62.4 Å². The highest BCUT2D eigenvalue weighted by molar-refractivity contribution is 8.00. The highest BCUT2D eigenvalue weighted by atomic mass is 35.5. The molecule has 1 N–H and O–H groups in total. The average Bonchev–Trinajstić information content (AvgIpc) is 3.81. The Morgan fingerprint density at radius 1 is 0.960 bits per heavy atom. The Labute approximate surface area is 301 Å². The van der Waals surface area contributed by atoms with E-state index in [-0.39, 0.29) is 16.5 Å². The van der Waals surface area contributed by atoms with Crippen LogP contribution in [0.25, 0.3) is 11.4 Å². The second kappa shape index (κ2) is 14.4. The zero-order chi connectivity index (χ0) is 34.8. The number of carbonyl (C=O) groups is 2. The number of rotatable bonds is 11. The van der Waals surface area contributed by atoms with Crippen LogP contribution in [0.3, 0.4) is 0 Å². The van der Waals surface area contributed by atoms with Gasteiger partial charge in [0.05, 0.1) is 23.9 Å². The SMILES string of the molecule is CCOc1cc(C2C(=C(O)c3c(C)nc4ccccn34)C(=O)C(=O)N2c2nnc(SCc3ccccc3Cl)s2)ccc1OCc1ccccc1. The maximum Gasteiger partial charge on any atom is 0.301 e. The lowest BCUT2D eigenvalue weighted by Gasteiger charge is -2.23. The number of aliphatic hydroxyl groups excluding tert-OH is 1. The Morgan fingerprint density at radius 2 is 1.74 bits per heavy atom. The molecule has 3 aromatic carbocycles. The predicted octanol–water partition coefficient (Wildman–Crippen LogP) is 8.04. The molecule has 0 spiro atoms. The van der Waals surface area contributed by atoms with E-state index in [1.807, 2.05) is 67.6 Å². The fraction of sp³-hybridized carbons (Fsp3) is 0.162. The van der Waals surface area contributed by atoms with Gasteiger partial charge in [-0.2, -0.15) is 0 Å². The van der Waals surface area contributed by atoms with Crippen LogP contribution < -0.4 is 14.4 Å². The first-order chi connectivity index (χ1) is 24.3. The number of anilines is 1. The summed E-state index contributed by atoms with van der Waals surface area (Å²) in [5.74, 6) is -0.613. The number of ether oxygens (including phenoxy) is 2. The maximum atomic E-state index is 14.0. The number of hydrogen-bond acceptors (Lipinski definition) is 10. The lowest BCUT2D eigenvalue weighted by molar-refractivity contribution is -0.132. The summed E-state index contributed by atoms with van der Waals surface area (Å²) in [5.41, 5.74) is 3.70. The van der Waals surface area contributed by atoms with Crippen molar-refractivity contribution in [3.8, 4) is 11.5 Å². The summed E-state index contributed by atoms with van der Waals surface area (Å²) in [6, 6.07) is 26.9. The number of nitrogens with zero attached hydrogens (tertiary/aromatic N) is 5. The zero-order valence-electron chi connectivity index (χ0n) is 26.9. The number of thioether (sulfide) groups is 1. The van der Waals surface area contributed by atoms with Crippen molar-refractivity contribution in [1.82, 2.24) is 19.6 Å². The van der Waals surface area contributed by atoms with E-state index in [1.54, 1.807) is 47.9 Å². The third kappa shape index (κ3) is 6.45. The molecule has 0 saturated carbocycles. The van der Waals surface area contributed by atoms with Crippen molar-refractivity contribution in [2.24, 2.45) is 0 Å². The molecule has 1 saturated heterocycles. The minimum Gasteiger partial charge on any atom is -0.505 e. The summed E-state index contributed by atoms with van der Waals surface area (Å²) in [6.45, 7) is 4.25. The molecule has 252 valence electrons. The Kier molecular flexibility index (Phi) is 9.57. The van der Waals surface area contributed by atoms with Crippen LogP contribution in [0.15, 0.2) is 107 Å². The van der Waals surface area contributed by atoms with Gasteiger partial charge in [0, 0.05) is 17.0 Å². The number of fused-ring (bicyclic) bond motifs is 1. The van der Waals surface area contributed by atoms with E-state index in [9.17, 15) is 14.7 Å². The lowest BCUT2D eigenvalue weighted by atomic mass is 9.96. The first kappa shape index (κ1) is 33.3. The first-order valence-corrected chi connectivity index (χ1v) is 17.9. The molecule has 0 aliphatic carbocycles. The molecule has 0 bridgehead atoms. The molecule has 6 aromatic rings. The van der Waals surface area contributed by atoms with Crippen molar-refractivity contribution in [3.05, 3.63) is 136 Å². The molecule has 1 aliphatic heterocycles. The van der Waals surface area contributed by atoms with Gasteiger partial charge in [-0.1, -0.05) is 95.4 Å². The standard InChI is InChI=1S/C37H30ClN5O5S2/c1-3-47-28-19-24(16-17-27(28)48-20-23-11-5-4-6-12-23)32-30(33(44)31-22(2)39-29-15-9-10-18-42(29)31)34(45)35(46)43(32)36-40-41-37(50-36)49-21-25-13-7-8-14-26(25)38/h4-19,32,44H,3,20-21H2,1-2H3. The lowest BCUT2D eigenvalue weighted by Crippen LogP contribution is -2.29. The van der Waals surface area contributed by atoms with Crippen LogP contribution in [0.1, 0.15) is 41.0 Å². The topological polar surface area (TPSA) is 119 Å². The Balaban J connectivity index is 1.32. The van der Waals surface area contributed by atoms with Gasteiger partial charge in [0.25, 0.3) is 5.78 Å². The van der Waals surface area contributed by atoms with Crippen molar-refractivity contribution < 1.29 is 24.2 Å². The Bertz CT molecular complexity index is 2250. The highest BCUT2D eigenvalue weighted by Crippen LogP contribution is 2.46. The Morgan fingerprint density at radius 3 is 2.54 bits per heavy atom. The van der Waals surface area contributed by atoms with Crippen LogP contribution in [-0.2, 0) is 21.9 Å². The number of imidazole rings is 1. The summed E-state index contributed by atoms with van der Waals surface area (Å²) in [5, 5.41) is 21.5. The molecule has 13 heteroatoms. The van der Waals surface area contributed by atoms with E-state index in [2.05, 4.69) is 15.2 Å². The molecule has 0 radical (unpaired) electrons. The van der Waals surface area contributed by atoms with Gasteiger partial charge in [-0.05, 0) is 60.9 Å². The van der Waals surface area contributed by atoms with E-state index < -0.39 is 17.7 Å². The number of amides is 1. The number of aliphatic hydroxyl groups is 1. The summed E-state index contributed by atoms with van der Waals surface area (Å²) in [7, 11) is 0. The average molecular weight is 724 g/mol. The van der Waals surface area contributed by atoms with Gasteiger partial charge in [0.1, 0.15) is 17.9 Å². The van der Waals surface area contributed by atoms with Gasteiger partial charge in [-0.3, -0.25) is 18.9 Å². The fourth-order valence-electron chi connectivity index (χ4n) is 5.80. The second-order valence-corrected chi connectivity index (χ2v) is 13.9. The zero-order valence-corrected chi connectivity index (χ0v) is 29.3. The van der Waals surface area contributed by atoms with Gasteiger partial charge >= 0.3 is 5.91 Å². The first-order valence-electron chi connectivity index (χ1n) is 15.7. The van der Waals surface area contributed by atoms with Crippen molar-refractivity contribution in [3.63, 3.8) is 0 Å². The van der Waals surface area contributed by atoms with Gasteiger partial charge < -0.3 is 14.6 Å². The van der Waals surface area contributed by atoms with E-state index in [0.717, 1.165) is 11.1 Å². The van der Waals surface area contributed by atoms with Crippen LogP contribution in [0.5, 0.6) is 11.5 Å². The van der Waals surface area contributed by atoms with Crippen LogP contribution in [-0.4, -0.2) is 43.0 Å². The van der Waals surface area contributed by atoms with Crippen LogP contribution in [0.2, 0.25) is 5.02 Å².